The molecule has 2 aromatic carbocycles. The van der Waals surface area contributed by atoms with Crippen molar-refractivity contribution in [2.75, 3.05) is 56.5 Å². The number of aryl methyl sites for hydroxylation is 2. The van der Waals surface area contributed by atoms with Gasteiger partial charge in [-0.15, -0.1) is 0 Å². The summed E-state index contributed by atoms with van der Waals surface area (Å²) in [6.07, 6.45) is 7.38. The van der Waals surface area contributed by atoms with Crippen molar-refractivity contribution in [1.29, 1.82) is 0 Å². The van der Waals surface area contributed by atoms with Gasteiger partial charge in [-0.05, 0) is 94.8 Å². The zero-order valence-electron chi connectivity index (χ0n) is 30.7. The number of rotatable bonds is 8. The molecule has 3 aliphatic rings. The minimum Gasteiger partial charge on any atom is -0.371 e. The van der Waals surface area contributed by atoms with Crippen LogP contribution in [0.3, 0.4) is 0 Å². The van der Waals surface area contributed by atoms with Crippen LogP contribution in [0.1, 0.15) is 69.0 Å². The first-order chi connectivity index (χ1) is 25.1. The quantitative estimate of drug-likeness (QED) is 0.204. The Bertz CT molecular complexity index is 2000. The smallest absolute Gasteiger partial charge is 0.260 e. The van der Waals surface area contributed by atoms with Crippen LogP contribution in [-0.4, -0.2) is 88.6 Å². The number of fused-ring (bicyclic) bond motifs is 1. The minimum absolute atomic E-state index is 0.0296. The molecule has 12 heteroatoms. The number of nitrogens with one attached hydrogen (secondary N) is 2. The third-order valence-electron chi connectivity index (χ3n) is 11.5. The Morgan fingerprint density at radius 2 is 1.69 bits per heavy atom. The number of nitrogens with zero attached hydrogens (tertiary/aromatic N) is 6. The number of piperazine rings is 1. The molecular weight excluding hydrogens is 679 g/mol. The Kier molecular flexibility index (Phi) is 10.8. The first kappa shape index (κ1) is 36.3. The van der Waals surface area contributed by atoms with E-state index in [-0.39, 0.29) is 28.6 Å². The number of amides is 1. The molecule has 276 valence electrons. The van der Waals surface area contributed by atoms with E-state index in [2.05, 4.69) is 57.5 Å². The molecule has 2 saturated heterocycles. The SMILES string of the molecule is CCC(=O)N[C@H]1CC[C@@H](n2c(=O)c(-c3cccc(F)c3Cl)c(C)c3cnc(Nc4ccc(N5CCC(N6CCN(C)CC6)CC5)c(C)c4)nc32)CC1. The van der Waals surface area contributed by atoms with Gasteiger partial charge in [-0.3, -0.25) is 19.1 Å². The lowest BCUT2D eigenvalue weighted by molar-refractivity contribution is -0.121. The fourth-order valence-electron chi connectivity index (χ4n) is 8.43. The molecule has 10 nitrogen and oxygen atoms in total. The minimum atomic E-state index is -0.580. The summed E-state index contributed by atoms with van der Waals surface area (Å²) < 4.78 is 16.4. The average molecular weight is 729 g/mol. The Labute approximate surface area is 310 Å². The van der Waals surface area contributed by atoms with Crippen LogP contribution in [0.4, 0.5) is 21.7 Å². The topological polar surface area (TPSA) is 98.6 Å². The van der Waals surface area contributed by atoms with Crippen molar-refractivity contribution in [2.45, 2.75) is 83.8 Å². The number of hydrogen-bond donors (Lipinski definition) is 2. The predicted molar refractivity (Wildman–Crippen MR) is 207 cm³/mol. The van der Waals surface area contributed by atoms with Crippen LogP contribution in [-0.2, 0) is 4.79 Å². The molecule has 52 heavy (non-hydrogen) atoms. The third-order valence-corrected chi connectivity index (χ3v) is 11.9. The second-order valence-electron chi connectivity index (χ2n) is 14.8. The molecule has 0 radical (unpaired) electrons. The first-order valence-corrected chi connectivity index (χ1v) is 19.2. The maximum Gasteiger partial charge on any atom is 0.260 e. The molecule has 1 aliphatic carbocycles. The fourth-order valence-corrected chi connectivity index (χ4v) is 8.65. The summed E-state index contributed by atoms with van der Waals surface area (Å²) >= 11 is 6.46. The number of halogens is 2. The van der Waals surface area contributed by atoms with Gasteiger partial charge in [0.05, 0.1) is 10.6 Å². The van der Waals surface area contributed by atoms with E-state index < -0.39 is 5.82 Å². The molecule has 0 bridgehead atoms. The maximum atomic E-state index is 14.7. The average Bonchev–Trinajstić information content (AvgIpc) is 3.14. The Hall–Kier alpha value is -4.06. The number of likely N-dealkylation sites (N-methyl/N-ethyl adjacent to an activating group) is 1. The van der Waals surface area contributed by atoms with E-state index in [1.807, 2.05) is 13.8 Å². The van der Waals surface area contributed by atoms with Crippen molar-refractivity contribution in [3.63, 3.8) is 0 Å². The summed E-state index contributed by atoms with van der Waals surface area (Å²) in [6.45, 7) is 12.6. The molecule has 0 spiro atoms. The zero-order valence-corrected chi connectivity index (χ0v) is 31.5. The molecule has 2 aliphatic heterocycles. The van der Waals surface area contributed by atoms with Gasteiger partial charge in [0, 0.05) is 92.3 Å². The molecule has 1 saturated carbocycles. The van der Waals surface area contributed by atoms with Crippen molar-refractivity contribution < 1.29 is 9.18 Å². The van der Waals surface area contributed by atoms with E-state index in [4.69, 9.17) is 21.6 Å². The molecular formula is C40H50ClFN8O2. The highest BCUT2D eigenvalue weighted by Gasteiger charge is 2.30. The van der Waals surface area contributed by atoms with Crippen molar-refractivity contribution in [3.8, 4) is 11.1 Å². The summed E-state index contributed by atoms with van der Waals surface area (Å²) in [5.41, 5.74) is 4.91. The summed E-state index contributed by atoms with van der Waals surface area (Å²) in [5, 5.41) is 7.13. The Morgan fingerprint density at radius 1 is 0.962 bits per heavy atom. The van der Waals surface area contributed by atoms with Crippen LogP contribution in [0.5, 0.6) is 0 Å². The number of carbonyl (C=O) groups excluding carboxylic acids is 1. The van der Waals surface area contributed by atoms with E-state index in [0.717, 1.165) is 57.8 Å². The lowest BCUT2D eigenvalue weighted by Gasteiger charge is -2.43. The third kappa shape index (κ3) is 7.40. The highest BCUT2D eigenvalue weighted by atomic mass is 35.5. The Balaban J connectivity index is 1.16. The molecule has 0 atom stereocenters. The number of hydrogen-bond acceptors (Lipinski definition) is 8. The Morgan fingerprint density at radius 3 is 2.38 bits per heavy atom. The molecule has 4 aromatic rings. The van der Waals surface area contributed by atoms with E-state index >= 15 is 0 Å². The van der Waals surface area contributed by atoms with Gasteiger partial charge in [-0.25, -0.2) is 9.37 Å². The van der Waals surface area contributed by atoms with Gasteiger partial charge >= 0.3 is 0 Å². The van der Waals surface area contributed by atoms with Crippen LogP contribution in [0.25, 0.3) is 22.2 Å². The normalized spacial score (nSPS) is 20.7. The summed E-state index contributed by atoms with van der Waals surface area (Å²) in [5.74, 6) is -0.161. The largest absolute Gasteiger partial charge is 0.371 e. The van der Waals surface area contributed by atoms with Crippen LogP contribution in [0, 0.1) is 19.7 Å². The van der Waals surface area contributed by atoms with E-state index in [1.54, 1.807) is 22.9 Å². The van der Waals surface area contributed by atoms with Gasteiger partial charge in [-0.1, -0.05) is 30.7 Å². The molecule has 4 heterocycles. The first-order valence-electron chi connectivity index (χ1n) is 18.8. The lowest BCUT2D eigenvalue weighted by Crippen LogP contribution is -2.52. The number of aromatic nitrogens is 3. The summed E-state index contributed by atoms with van der Waals surface area (Å²) in [4.78, 5) is 43.9. The number of anilines is 3. The van der Waals surface area contributed by atoms with Crippen molar-refractivity contribution in [3.05, 3.63) is 74.9 Å². The zero-order chi connectivity index (χ0) is 36.5. The van der Waals surface area contributed by atoms with Crippen molar-refractivity contribution in [1.82, 2.24) is 29.7 Å². The molecule has 2 N–H and O–H groups in total. The number of benzene rings is 2. The van der Waals surface area contributed by atoms with Crippen molar-refractivity contribution in [2.24, 2.45) is 0 Å². The van der Waals surface area contributed by atoms with Crippen molar-refractivity contribution >= 4 is 45.9 Å². The highest BCUT2D eigenvalue weighted by molar-refractivity contribution is 6.33. The molecule has 3 fully saturated rings. The molecule has 1 amide bonds. The number of pyridine rings is 1. The number of piperidine rings is 1. The van der Waals surface area contributed by atoms with E-state index in [1.165, 1.54) is 30.2 Å². The standard InChI is InChI=1S/C40H50ClFN8O2/c1-5-35(51)44-27-9-12-30(13-10-27)50-38-32(26(3)36(39(50)52)31-7-6-8-33(42)37(31)41)24-43-40(46-38)45-28-11-14-34(25(2)23-28)49-17-15-29(16-18-49)48-21-19-47(4)20-22-48/h6-8,11,14,23-24,27,29-30H,5,9-10,12-13,15-22H2,1-4H3,(H,44,51)(H,43,45,46)/t27-,30+. The predicted octanol–water partition coefficient (Wildman–Crippen LogP) is 6.84. The van der Waals surface area contributed by atoms with Crippen LogP contribution < -0.4 is 21.1 Å². The second-order valence-corrected chi connectivity index (χ2v) is 15.2. The van der Waals surface area contributed by atoms with Crippen LogP contribution >= 0.6 is 11.6 Å². The van der Waals surface area contributed by atoms with Gasteiger partial charge in [0.15, 0.2) is 0 Å². The van der Waals surface area contributed by atoms with Gasteiger partial charge in [-0.2, -0.15) is 4.98 Å². The second kappa shape index (κ2) is 15.5. The highest BCUT2D eigenvalue weighted by Crippen LogP contribution is 2.36. The van der Waals surface area contributed by atoms with Gasteiger partial charge in [0.25, 0.3) is 5.56 Å². The van der Waals surface area contributed by atoms with Gasteiger partial charge < -0.3 is 20.4 Å². The van der Waals surface area contributed by atoms with Crippen LogP contribution in [0.2, 0.25) is 5.02 Å². The maximum absolute atomic E-state index is 14.7. The fraction of sp³-hybridized carbons (Fsp3) is 0.500. The molecule has 2 aromatic heterocycles. The van der Waals surface area contributed by atoms with Crippen LogP contribution in [0.15, 0.2) is 47.4 Å². The summed E-state index contributed by atoms with van der Waals surface area (Å²) in [7, 11) is 2.21. The monoisotopic (exact) mass is 728 g/mol. The lowest BCUT2D eigenvalue weighted by atomic mass is 9.90. The van der Waals surface area contributed by atoms with E-state index in [9.17, 15) is 14.0 Å². The number of carbonyl (C=O) groups is 1. The molecule has 0 unspecified atom stereocenters. The molecule has 7 rings (SSSR count). The van der Waals surface area contributed by atoms with Gasteiger partial charge in [0.1, 0.15) is 11.5 Å². The van der Waals surface area contributed by atoms with E-state index in [0.29, 0.717) is 59.0 Å². The van der Waals surface area contributed by atoms with Gasteiger partial charge in [0.2, 0.25) is 11.9 Å². The summed E-state index contributed by atoms with van der Waals surface area (Å²) in [6, 6.07) is 11.5.